The number of nitriles is 1. The van der Waals surface area contributed by atoms with E-state index < -0.39 is 0 Å². The summed E-state index contributed by atoms with van der Waals surface area (Å²) in [6.45, 7) is 14.2. The quantitative estimate of drug-likeness (QED) is 0.249. The van der Waals surface area contributed by atoms with Gasteiger partial charge in [-0.2, -0.15) is 5.26 Å². The number of fused-ring (bicyclic) bond motifs is 5. The minimum absolute atomic E-state index is 0.231. The fourth-order valence-electron chi connectivity index (χ4n) is 5.31. The molecule has 0 unspecified atom stereocenters. The summed E-state index contributed by atoms with van der Waals surface area (Å²) in [6, 6.07) is 26.6. The van der Waals surface area contributed by atoms with E-state index in [4.69, 9.17) is 11.3 Å². The zero-order valence-electron chi connectivity index (χ0n) is 19.2. The molecule has 0 fully saturated rings. The number of aromatic nitrogens is 1. The van der Waals surface area contributed by atoms with Crippen LogP contribution in [-0.2, 0) is 5.41 Å². The Balaban J connectivity index is 1.76. The lowest BCUT2D eigenvalue weighted by atomic mass is 9.75. The molecule has 2 heterocycles. The molecule has 0 bridgehead atoms. The monoisotopic (exact) mass is 439 g/mol. The SMILES string of the molecule is [C-]#[N+]c1cc(C)cc(C#N)c1-n1c2ccccc2c2cc3c(cc21)Oc1ccccc1C3(C)C. The van der Waals surface area contributed by atoms with Crippen LogP contribution in [0.1, 0.15) is 36.1 Å². The highest BCUT2D eigenvalue weighted by atomic mass is 16.5. The highest BCUT2D eigenvalue weighted by Crippen LogP contribution is 2.50. The molecule has 5 aromatic rings. The van der Waals surface area contributed by atoms with E-state index in [1.807, 2.05) is 60.0 Å². The second-order valence-electron chi connectivity index (χ2n) is 9.35. The van der Waals surface area contributed by atoms with Crippen molar-refractivity contribution >= 4 is 27.5 Å². The maximum absolute atomic E-state index is 9.98. The summed E-state index contributed by atoms with van der Waals surface area (Å²) in [7, 11) is 0. The standard InChI is InChI=1S/C30H21N3O/c1-18-13-19(17-31)29(24(14-18)32-4)33-25-11-7-5-9-20(25)21-15-23-28(16-26(21)33)34-27-12-8-6-10-22(27)30(23,2)3/h5-16H,1-3H3. The van der Waals surface area contributed by atoms with Gasteiger partial charge in [0.25, 0.3) is 0 Å². The van der Waals surface area contributed by atoms with E-state index >= 15 is 0 Å². The second kappa shape index (κ2) is 6.98. The van der Waals surface area contributed by atoms with E-state index in [2.05, 4.69) is 49.0 Å². The van der Waals surface area contributed by atoms with Crippen LogP contribution in [0.3, 0.4) is 0 Å². The molecule has 6 rings (SSSR count). The van der Waals surface area contributed by atoms with E-state index in [1.54, 1.807) is 0 Å². The van der Waals surface area contributed by atoms with Crippen LogP contribution in [0.4, 0.5) is 5.69 Å². The Kier molecular flexibility index (Phi) is 4.12. The van der Waals surface area contributed by atoms with Crippen molar-refractivity contribution < 1.29 is 4.74 Å². The van der Waals surface area contributed by atoms with Gasteiger partial charge in [-0.05, 0) is 31.2 Å². The van der Waals surface area contributed by atoms with Crippen LogP contribution < -0.4 is 4.74 Å². The summed E-state index contributed by atoms with van der Waals surface area (Å²) in [5, 5.41) is 12.1. The maximum atomic E-state index is 9.98. The Hall–Kier alpha value is -4.54. The molecule has 4 heteroatoms. The average Bonchev–Trinajstić information content (AvgIpc) is 3.15. The lowest BCUT2D eigenvalue weighted by molar-refractivity contribution is 0.419. The van der Waals surface area contributed by atoms with Gasteiger partial charge in [0, 0.05) is 33.4 Å². The smallest absolute Gasteiger partial charge is 0.212 e. The zero-order chi connectivity index (χ0) is 23.6. The number of para-hydroxylation sites is 2. The Morgan fingerprint density at radius 1 is 0.882 bits per heavy atom. The summed E-state index contributed by atoms with van der Waals surface area (Å²) in [6.07, 6.45) is 0. The first kappa shape index (κ1) is 20.1. The normalized spacial score (nSPS) is 13.6. The number of rotatable bonds is 1. The summed E-state index contributed by atoms with van der Waals surface area (Å²) in [5.41, 5.74) is 6.38. The molecular formula is C30H21N3O. The van der Waals surface area contributed by atoms with Crippen molar-refractivity contribution in [2.75, 3.05) is 0 Å². The predicted molar refractivity (Wildman–Crippen MR) is 135 cm³/mol. The maximum Gasteiger partial charge on any atom is 0.212 e. The van der Waals surface area contributed by atoms with Gasteiger partial charge in [-0.25, -0.2) is 4.85 Å². The Morgan fingerprint density at radius 3 is 2.44 bits per heavy atom. The average molecular weight is 440 g/mol. The highest BCUT2D eigenvalue weighted by molar-refractivity contribution is 6.11. The van der Waals surface area contributed by atoms with E-state index in [0.717, 1.165) is 50.0 Å². The zero-order valence-corrected chi connectivity index (χ0v) is 19.2. The third kappa shape index (κ3) is 2.63. The van der Waals surface area contributed by atoms with E-state index in [9.17, 15) is 5.26 Å². The molecule has 0 radical (unpaired) electrons. The van der Waals surface area contributed by atoms with Crippen molar-refractivity contribution in [2.45, 2.75) is 26.2 Å². The predicted octanol–water partition coefficient (Wildman–Crippen LogP) is 7.95. The van der Waals surface area contributed by atoms with Crippen molar-refractivity contribution in [1.82, 2.24) is 4.57 Å². The van der Waals surface area contributed by atoms with Gasteiger partial charge in [-0.3, -0.25) is 0 Å². The van der Waals surface area contributed by atoms with Gasteiger partial charge in [0.05, 0.1) is 34.9 Å². The lowest BCUT2D eigenvalue weighted by Gasteiger charge is -2.34. The number of nitrogens with zero attached hydrogens (tertiary/aromatic N) is 3. The molecule has 4 aromatic carbocycles. The molecule has 4 nitrogen and oxygen atoms in total. The first-order valence-corrected chi connectivity index (χ1v) is 11.2. The molecule has 162 valence electrons. The molecule has 1 aliphatic heterocycles. The minimum Gasteiger partial charge on any atom is -0.457 e. The topological polar surface area (TPSA) is 42.3 Å². The van der Waals surface area contributed by atoms with Crippen molar-refractivity contribution in [3.63, 3.8) is 0 Å². The summed E-state index contributed by atoms with van der Waals surface area (Å²) >= 11 is 0. The number of benzene rings is 4. The second-order valence-corrected chi connectivity index (χ2v) is 9.35. The van der Waals surface area contributed by atoms with E-state index in [0.29, 0.717) is 16.9 Å². The molecule has 0 spiro atoms. The van der Waals surface area contributed by atoms with Crippen LogP contribution in [0.2, 0.25) is 0 Å². The van der Waals surface area contributed by atoms with E-state index in [-0.39, 0.29) is 5.41 Å². The van der Waals surface area contributed by atoms with Gasteiger partial charge in [-0.1, -0.05) is 61.9 Å². The van der Waals surface area contributed by atoms with Crippen LogP contribution >= 0.6 is 0 Å². The number of hydrogen-bond acceptors (Lipinski definition) is 2. The van der Waals surface area contributed by atoms with Gasteiger partial charge in [-0.15, -0.1) is 0 Å². The molecule has 34 heavy (non-hydrogen) atoms. The van der Waals surface area contributed by atoms with Gasteiger partial charge in [0.2, 0.25) is 5.69 Å². The molecule has 0 amide bonds. The van der Waals surface area contributed by atoms with Gasteiger partial charge in [0.15, 0.2) is 0 Å². The Morgan fingerprint density at radius 2 is 1.65 bits per heavy atom. The van der Waals surface area contributed by atoms with Crippen molar-refractivity contribution in [2.24, 2.45) is 0 Å². The molecule has 0 saturated carbocycles. The first-order valence-electron chi connectivity index (χ1n) is 11.2. The molecule has 1 aromatic heterocycles. The summed E-state index contributed by atoms with van der Waals surface area (Å²) in [4.78, 5) is 3.80. The molecule has 0 aliphatic carbocycles. The molecule has 0 atom stereocenters. The van der Waals surface area contributed by atoms with Crippen LogP contribution in [0.15, 0.2) is 72.8 Å². The lowest BCUT2D eigenvalue weighted by Crippen LogP contribution is -2.24. The minimum atomic E-state index is -0.231. The fourth-order valence-corrected chi connectivity index (χ4v) is 5.31. The molecule has 1 aliphatic rings. The molecule has 0 N–H and O–H groups in total. The highest BCUT2D eigenvalue weighted by Gasteiger charge is 2.35. The number of ether oxygens (including phenoxy) is 1. The summed E-state index contributed by atoms with van der Waals surface area (Å²) in [5.74, 6) is 1.66. The Labute approximate surface area is 198 Å². The summed E-state index contributed by atoms with van der Waals surface area (Å²) < 4.78 is 8.45. The fraction of sp³-hybridized carbons (Fsp3) is 0.133. The number of aryl methyl sites for hydroxylation is 1. The van der Waals surface area contributed by atoms with Crippen LogP contribution in [-0.4, -0.2) is 4.57 Å². The van der Waals surface area contributed by atoms with Crippen LogP contribution in [0, 0.1) is 24.8 Å². The van der Waals surface area contributed by atoms with Crippen LogP contribution in [0.5, 0.6) is 11.5 Å². The van der Waals surface area contributed by atoms with Gasteiger partial charge in [0.1, 0.15) is 11.5 Å². The van der Waals surface area contributed by atoms with Gasteiger partial charge < -0.3 is 9.30 Å². The van der Waals surface area contributed by atoms with Crippen molar-refractivity contribution in [3.05, 3.63) is 106 Å². The first-order chi connectivity index (χ1) is 16.4. The Bertz CT molecular complexity index is 1710. The van der Waals surface area contributed by atoms with E-state index in [1.165, 1.54) is 0 Å². The molecular weight excluding hydrogens is 418 g/mol. The van der Waals surface area contributed by atoms with Crippen molar-refractivity contribution in [3.8, 4) is 23.3 Å². The van der Waals surface area contributed by atoms with Crippen molar-refractivity contribution in [1.29, 1.82) is 5.26 Å². The third-order valence-electron chi connectivity index (χ3n) is 6.93. The third-order valence-corrected chi connectivity index (χ3v) is 6.93. The molecule has 0 saturated heterocycles. The van der Waals surface area contributed by atoms with Crippen LogP contribution in [0.25, 0.3) is 32.3 Å². The number of hydrogen-bond donors (Lipinski definition) is 0. The largest absolute Gasteiger partial charge is 0.457 e. The van der Waals surface area contributed by atoms with Gasteiger partial charge >= 0.3 is 0 Å².